The Balaban J connectivity index is 1.72. The van der Waals surface area contributed by atoms with E-state index in [1.165, 1.54) is 44.1 Å². The fourth-order valence-electron chi connectivity index (χ4n) is 2.47. The average molecular weight is 253 g/mol. The molecule has 2 heterocycles. The summed E-state index contributed by atoms with van der Waals surface area (Å²) in [7, 11) is 2.07. The van der Waals surface area contributed by atoms with Gasteiger partial charge in [0.1, 0.15) is 0 Å². The molecule has 0 radical (unpaired) electrons. The number of hydrogen-bond donors (Lipinski definition) is 1. The highest BCUT2D eigenvalue weighted by atomic mass is 32.1. The number of rotatable bonds is 6. The van der Waals surface area contributed by atoms with Crippen LogP contribution < -0.4 is 5.32 Å². The zero-order valence-electron chi connectivity index (χ0n) is 10.7. The van der Waals surface area contributed by atoms with Gasteiger partial charge in [0, 0.05) is 12.6 Å². The lowest BCUT2D eigenvalue weighted by molar-refractivity contribution is 0.00519. The third kappa shape index (κ3) is 4.41. The summed E-state index contributed by atoms with van der Waals surface area (Å²) < 4.78 is 5.81. The molecule has 2 atom stereocenters. The SMILES string of the molecule is CNC(CCc1ccsc1)CC1CCCCO1. The van der Waals surface area contributed by atoms with Gasteiger partial charge in [-0.2, -0.15) is 11.3 Å². The number of hydrogen-bond acceptors (Lipinski definition) is 3. The van der Waals surface area contributed by atoms with E-state index in [0.29, 0.717) is 12.1 Å². The molecule has 2 unspecified atom stereocenters. The van der Waals surface area contributed by atoms with E-state index in [1.807, 2.05) is 0 Å². The number of thiophene rings is 1. The maximum absolute atomic E-state index is 5.81. The molecule has 1 aromatic heterocycles. The molecule has 1 N–H and O–H groups in total. The smallest absolute Gasteiger partial charge is 0.0590 e. The van der Waals surface area contributed by atoms with E-state index in [-0.39, 0.29) is 0 Å². The first-order valence-electron chi connectivity index (χ1n) is 6.68. The van der Waals surface area contributed by atoms with Gasteiger partial charge in [-0.05, 0) is 68.0 Å². The second-order valence-corrected chi connectivity index (χ2v) is 5.66. The minimum atomic E-state index is 0.490. The standard InChI is InChI=1S/C14H23NOS/c1-15-13(6-5-12-7-9-17-11-12)10-14-4-2-3-8-16-14/h7,9,11,13-15H,2-6,8,10H2,1H3. The van der Waals surface area contributed by atoms with E-state index in [9.17, 15) is 0 Å². The Morgan fingerprint density at radius 2 is 2.47 bits per heavy atom. The predicted molar refractivity (Wildman–Crippen MR) is 73.7 cm³/mol. The van der Waals surface area contributed by atoms with Gasteiger partial charge < -0.3 is 10.1 Å². The molecular weight excluding hydrogens is 230 g/mol. The van der Waals surface area contributed by atoms with Gasteiger partial charge in [-0.25, -0.2) is 0 Å². The zero-order chi connectivity index (χ0) is 11.9. The third-order valence-corrected chi connectivity index (χ3v) is 4.32. The van der Waals surface area contributed by atoms with Crippen molar-refractivity contribution in [2.75, 3.05) is 13.7 Å². The van der Waals surface area contributed by atoms with E-state index in [1.54, 1.807) is 11.3 Å². The Morgan fingerprint density at radius 3 is 3.12 bits per heavy atom. The van der Waals surface area contributed by atoms with Crippen LogP contribution in [0.25, 0.3) is 0 Å². The van der Waals surface area contributed by atoms with Crippen LogP contribution in [0.3, 0.4) is 0 Å². The highest BCUT2D eigenvalue weighted by molar-refractivity contribution is 7.07. The molecule has 1 aliphatic heterocycles. The first kappa shape index (κ1) is 13.1. The van der Waals surface area contributed by atoms with Crippen molar-refractivity contribution in [3.8, 4) is 0 Å². The summed E-state index contributed by atoms with van der Waals surface area (Å²) in [5, 5.41) is 7.85. The van der Waals surface area contributed by atoms with Crippen molar-refractivity contribution in [2.24, 2.45) is 0 Å². The van der Waals surface area contributed by atoms with Crippen molar-refractivity contribution in [3.05, 3.63) is 22.4 Å². The summed E-state index contributed by atoms with van der Waals surface area (Å²) in [4.78, 5) is 0. The predicted octanol–water partition coefficient (Wildman–Crippen LogP) is 3.23. The fourth-order valence-corrected chi connectivity index (χ4v) is 3.17. The topological polar surface area (TPSA) is 21.3 Å². The summed E-state index contributed by atoms with van der Waals surface area (Å²) in [6.07, 6.45) is 7.89. The number of nitrogens with one attached hydrogen (secondary N) is 1. The van der Waals surface area contributed by atoms with Crippen LogP contribution in [0.1, 0.15) is 37.7 Å². The molecule has 0 amide bonds. The second kappa shape index (κ2) is 7.14. The fraction of sp³-hybridized carbons (Fsp3) is 0.714. The Hall–Kier alpha value is -0.380. The summed E-state index contributed by atoms with van der Waals surface area (Å²) in [5.74, 6) is 0. The minimum Gasteiger partial charge on any atom is -0.378 e. The highest BCUT2D eigenvalue weighted by Crippen LogP contribution is 2.19. The molecule has 0 aromatic carbocycles. The van der Waals surface area contributed by atoms with Crippen molar-refractivity contribution in [1.82, 2.24) is 5.32 Å². The summed E-state index contributed by atoms with van der Waals surface area (Å²) in [6, 6.07) is 2.83. The Kier molecular flexibility index (Phi) is 5.49. The molecule has 1 saturated heterocycles. The van der Waals surface area contributed by atoms with Crippen LogP contribution in [0, 0.1) is 0 Å². The first-order chi connectivity index (χ1) is 8.38. The van der Waals surface area contributed by atoms with E-state index in [2.05, 4.69) is 29.2 Å². The Labute approximate surface area is 108 Å². The quantitative estimate of drug-likeness (QED) is 0.840. The molecule has 2 rings (SSSR count). The van der Waals surface area contributed by atoms with Crippen molar-refractivity contribution in [2.45, 2.75) is 50.7 Å². The van der Waals surface area contributed by atoms with Crippen molar-refractivity contribution in [3.63, 3.8) is 0 Å². The summed E-state index contributed by atoms with van der Waals surface area (Å²) in [6.45, 7) is 0.964. The lowest BCUT2D eigenvalue weighted by atomic mass is 9.98. The Bertz CT molecular complexity index is 293. The monoisotopic (exact) mass is 253 g/mol. The van der Waals surface area contributed by atoms with Crippen LogP contribution in [-0.4, -0.2) is 25.8 Å². The zero-order valence-corrected chi connectivity index (χ0v) is 11.5. The van der Waals surface area contributed by atoms with Crippen LogP contribution >= 0.6 is 11.3 Å². The van der Waals surface area contributed by atoms with Gasteiger partial charge in [-0.1, -0.05) is 0 Å². The van der Waals surface area contributed by atoms with Crippen LogP contribution in [-0.2, 0) is 11.2 Å². The summed E-state index contributed by atoms with van der Waals surface area (Å²) in [5.41, 5.74) is 1.47. The third-order valence-electron chi connectivity index (χ3n) is 3.59. The molecule has 0 aliphatic carbocycles. The maximum Gasteiger partial charge on any atom is 0.0590 e. The number of aryl methyl sites for hydroxylation is 1. The van der Waals surface area contributed by atoms with Crippen LogP contribution in [0.15, 0.2) is 16.8 Å². The molecule has 3 heteroatoms. The maximum atomic E-state index is 5.81. The van der Waals surface area contributed by atoms with E-state index >= 15 is 0 Å². The molecule has 1 aromatic rings. The first-order valence-corrected chi connectivity index (χ1v) is 7.62. The molecule has 0 spiro atoms. The van der Waals surface area contributed by atoms with E-state index in [0.717, 1.165) is 6.61 Å². The van der Waals surface area contributed by atoms with Crippen LogP contribution in [0.2, 0.25) is 0 Å². The van der Waals surface area contributed by atoms with Crippen molar-refractivity contribution >= 4 is 11.3 Å². The molecule has 96 valence electrons. The van der Waals surface area contributed by atoms with E-state index < -0.39 is 0 Å². The molecule has 0 saturated carbocycles. The van der Waals surface area contributed by atoms with Gasteiger partial charge in [0.25, 0.3) is 0 Å². The normalized spacial score (nSPS) is 22.5. The largest absolute Gasteiger partial charge is 0.378 e. The van der Waals surface area contributed by atoms with Crippen molar-refractivity contribution < 1.29 is 4.74 Å². The lowest BCUT2D eigenvalue weighted by Crippen LogP contribution is -2.32. The van der Waals surface area contributed by atoms with Gasteiger partial charge in [-0.15, -0.1) is 0 Å². The Morgan fingerprint density at radius 1 is 1.53 bits per heavy atom. The number of ether oxygens (including phenoxy) is 1. The van der Waals surface area contributed by atoms with Gasteiger partial charge in [0.2, 0.25) is 0 Å². The van der Waals surface area contributed by atoms with Crippen molar-refractivity contribution in [1.29, 1.82) is 0 Å². The molecule has 17 heavy (non-hydrogen) atoms. The molecular formula is C14H23NOS. The minimum absolute atomic E-state index is 0.490. The molecule has 0 bridgehead atoms. The molecule has 2 nitrogen and oxygen atoms in total. The van der Waals surface area contributed by atoms with Gasteiger partial charge in [-0.3, -0.25) is 0 Å². The average Bonchev–Trinajstić information content (AvgIpc) is 2.89. The second-order valence-electron chi connectivity index (χ2n) is 4.88. The van der Waals surface area contributed by atoms with Gasteiger partial charge in [0.15, 0.2) is 0 Å². The molecule has 1 aliphatic rings. The summed E-state index contributed by atoms with van der Waals surface area (Å²) >= 11 is 1.79. The van der Waals surface area contributed by atoms with Crippen LogP contribution in [0.4, 0.5) is 0 Å². The van der Waals surface area contributed by atoms with Gasteiger partial charge in [0.05, 0.1) is 6.10 Å². The van der Waals surface area contributed by atoms with E-state index in [4.69, 9.17) is 4.74 Å². The van der Waals surface area contributed by atoms with Gasteiger partial charge >= 0.3 is 0 Å². The molecule has 1 fully saturated rings. The van der Waals surface area contributed by atoms with Crippen LogP contribution in [0.5, 0.6) is 0 Å². The highest BCUT2D eigenvalue weighted by Gasteiger charge is 2.18. The lowest BCUT2D eigenvalue weighted by Gasteiger charge is -2.26.